The van der Waals surface area contributed by atoms with Gasteiger partial charge in [-0.15, -0.1) is 0 Å². The molecule has 100 valence electrons. The van der Waals surface area contributed by atoms with Crippen molar-refractivity contribution in [3.05, 3.63) is 47.0 Å². The van der Waals surface area contributed by atoms with Gasteiger partial charge in [0.15, 0.2) is 0 Å². The molecular formula is C13H14F2N4. The van der Waals surface area contributed by atoms with Gasteiger partial charge in [0.2, 0.25) is 5.95 Å². The van der Waals surface area contributed by atoms with E-state index in [-0.39, 0.29) is 18.3 Å². The van der Waals surface area contributed by atoms with Gasteiger partial charge >= 0.3 is 0 Å². The number of halogens is 2. The van der Waals surface area contributed by atoms with Crippen LogP contribution in [0, 0.1) is 11.6 Å². The molecule has 0 atom stereocenters. The van der Waals surface area contributed by atoms with Gasteiger partial charge in [-0.3, -0.25) is 0 Å². The van der Waals surface area contributed by atoms with Crippen molar-refractivity contribution in [2.45, 2.75) is 26.2 Å². The maximum atomic E-state index is 13.1. The van der Waals surface area contributed by atoms with Crippen LogP contribution in [0.5, 0.6) is 0 Å². The number of nitrogens with zero attached hydrogens (tertiary/aromatic N) is 3. The Bertz CT molecular complexity index is 579. The molecule has 0 aliphatic rings. The minimum Gasteiger partial charge on any atom is -0.368 e. The zero-order valence-corrected chi connectivity index (χ0v) is 10.7. The molecule has 1 aromatic carbocycles. The first-order valence-corrected chi connectivity index (χ1v) is 5.89. The van der Waals surface area contributed by atoms with E-state index in [2.05, 4.69) is 15.0 Å². The van der Waals surface area contributed by atoms with Gasteiger partial charge in [-0.05, 0) is 17.7 Å². The van der Waals surface area contributed by atoms with Gasteiger partial charge in [0, 0.05) is 18.4 Å². The van der Waals surface area contributed by atoms with Crippen molar-refractivity contribution in [2.75, 3.05) is 5.73 Å². The molecule has 1 heterocycles. The minimum atomic E-state index is -0.624. The van der Waals surface area contributed by atoms with Crippen molar-refractivity contribution in [3.63, 3.8) is 0 Å². The molecule has 0 radical (unpaired) electrons. The number of hydrogen-bond donors (Lipinski definition) is 1. The lowest BCUT2D eigenvalue weighted by atomic mass is 10.1. The highest BCUT2D eigenvalue weighted by molar-refractivity contribution is 5.24. The highest BCUT2D eigenvalue weighted by Crippen LogP contribution is 2.14. The molecule has 19 heavy (non-hydrogen) atoms. The number of nitrogen functional groups attached to an aromatic ring is 1. The summed E-state index contributed by atoms with van der Waals surface area (Å²) < 4.78 is 26.2. The molecule has 6 heteroatoms. The average Bonchev–Trinajstić information content (AvgIpc) is 2.26. The number of hydrogen-bond acceptors (Lipinski definition) is 4. The van der Waals surface area contributed by atoms with E-state index in [1.165, 1.54) is 12.1 Å². The molecule has 1 aromatic heterocycles. The summed E-state index contributed by atoms with van der Waals surface area (Å²) in [6.07, 6.45) is 0.209. The summed E-state index contributed by atoms with van der Waals surface area (Å²) in [5, 5.41) is 0. The summed E-state index contributed by atoms with van der Waals surface area (Å²) in [6, 6.07) is 3.32. The van der Waals surface area contributed by atoms with Gasteiger partial charge in [0.25, 0.3) is 0 Å². The lowest BCUT2D eigenvalue weighted by Gasteiger charge is -2.07. The van der Waals surface area contributed by atoms with Gasteiger partial charge < -0.3 is 5.73 Å². The number of rotatable bonds is 3. The van der Waals surface area contributed by atoms with Gasteiger partial charge in [-0.25, -0.2) is 13.8 Å². The van der Waals surface area contributed by atoms with E-state index in [1.807, 2.05) is 13.8 Å². The molecule has 0 bridgehead atoms. The SMILES string of the molecule is CC(C)c1nc(N)nc(Cc2cc(F)cc(F)c2)n1. The van der Waals surface area contributed by atoms with Crippen LogP contribution in [0.4, 0.5) is 14.7 Å². The molecule has 2 aromatic rings. The van der Waals surface area contributed by atoms with Crippen molar-refractivity contribution in [2.24, 2.45) is 0 Å². The molecule has 0 fully saturated rings. The molecule has 0 amide bonds. The number of aromatic nitrogens is 3. The largest absolute Gasteiger partial charge is 0.368 e. The van der Waals surface area contributed by atoms with Crippen molar-refractivity contribution < 1.29 is 8.78 Å². The topological polar surface area (TPSA) is 64.7 Å². The van der Waals surface area contributed by atoms with E-state index in [4.69, 9.17) is 5.73 Å². The molecule has 2 N–H and O–H groups in total. The maximum absolute atomic E-state index is 13.1. The van der Waals surface area contributed by atoms with Crippen LogP contribution in [-0.4, -0.2) is 15.0 Å². The Morgan fingerprint density at radius 3 is 2.26 bits per heavy atom. The van der Waals surface area contributed by atoms with E-state index in [1.54, 1.807) is 0 Å². The third-order valence-electron chi connectivity index (χ3n) is 2.52. The van der Waals surface area contributed by atoms with Crippen LogP contribution in [-0.2, 0) is 6.42 Å². The molecule has 0 saturated carbocycles. The van der Waals surface area contributed by atoms with Crippen LogP contribution < -0.4 is 5.73 Å². The van der Waals surface area contributed by atoms with Crippen LogP contribution in [0.1, 0.15) is 37.0 Å². The van der Waals surface area contributed by atoms with Gasteiger partial charge in [0.05, 0.1) is 0 Å². The summed E-state index contributed by atoms with van der Waals surface area (Å²) in [7, 11) is 0. The first kappa shape index (κ1) is 13.3. The molecule has 4 nitrogen and oxygen atoms in total. The molecule has 0 unspecified atom stereocenters. The Balaban J connectivity index is 2.32. The number of benzene rings is 1. The summed E-state index contributed by atoms with van der Waals surface area (Å²) in [4.78, 5) is 12.2. The summed E-state index contributed by atoms with van der Waals surface area (Å²) >= 11 is 0. The van der Waals surface area contributed by atoms with E-state index >= 15 is 0 Å². The zero-order chi connectivity index (χ0) is 14.0. The van der Waals surface area contributed by atoms with Crippen LogP contribution in [0.25, 0.3) is 0 Å². The number of anilines is 1. The second-order valence-electron chi connectivity index (χ2n) is 4.58. The predicted molar refractivity (Wildman–Crippen MR) is 67.5 cm³/mol. The standard InChI is InChI=1S/C13H14F2N4/c1-7(2)12-17-11(18-13(16)19-12)5-8-3-9(14)6-10(15)4-8/h3-4,6-7H,5H2,1-2H3,(H2,16,17,18,19). The lowest BCUT2D eigenvalue weighted by Crippen LogP contribution is -2.09. The molecule has 2 rings (SSSR count). The summed E-state index contributed by atoms with van der Waals surface area (Å²) in [5.41, 5.74) is 6.06. The quantitative estimate of drug-likeness (QED) is 0.924. The Labute approximate surface area is 109 Å². The van der Waals surface area contributed by atoms with Crippen LogP contribution in [0.15, 0.2) is 18.2 Å². The van der Waals surface area contributed by atoms with Gasteiger partial charge in [0.1, 0.15) is 23.3 Å². The Hall–Kier alpha value is -2.11. The van der Waals surface area contributed by atoms with Crippen molar-refractivity contribution in [1.82, 2.24) is 15.0 Å². The summed E-state index contributed by atoms with van der Waals surface area (Å²) in [6.45, 7) is 3.86. The first-order valence-electron chi connectivity index (χ1n) is 5.89. The van der Waals surface area contributed by atoms with Crippen LogP contribution in [0.2, 0.25) is 0 Å². The van der Waals surface area contributed by atoms with E-state index in [9.17, 15) is 8.78 Å². The van der Waals surface area contributed by atoms with Gasteiger partial charge in [-0.1, -0.05) is 13.8 Å². The van der Waals surface area contributed by atoms with Crippen LogP contribution in [0.3, 0.4) is 0 Å². The highest BCUT2D eigenvalue weighted by atomic mass is 19.1. The molecular weight excluding hydrogens is 250 g/mol. The van der Waals surface area contributed by atoms with Crippen molar-refractivity contribution in [3.8, 4) is 0 Å². The van der Waals surface area contributed by atoms with Crippen molar-refractivity contribution in [1.29, 1.82) is 0 Å². The lowest BCUT2D eigenvalue weighted by molar-refractivity contribution is 0.580. The predicted octanol–water partition coefficient (Wildman–Crippen LogP) is 2.45. The highest BCUT2D eigenvalue weighted by Gasteiger charge is 2.09. The Morgan fingerprint density at radius 1 is 1.05 bits per heavy atom. The third-order valence-corrected chi connectivity index (χ3v) is 2.52. The Kier molecular flexibility index (Phi) is 3.69. The number of nitrogens with two attached hydrogens (primary N) is 1. The van der Waals surface area contributed by atoms with E-state index < -0.39 is 11.6 Å². The normalized spacial score (nSPS) is 11.0. The first-order chi connectivity index (χ1) is 8.94. The van der Waals surface area contributed by atoms with Gasteiger partial charge in [-0.2, -0.15) is 9.97 Å². The zero-order valence-electron chi connectivity index (χ0n) is 10.7. The molecule has 0 spiro atoms. The monoisotopic (exact) mass is 264 g/mol. The smallest absolute Gasteiger partial charge is 0.223 e. The third kappa shape index (κ3) is 3.43. The fourth-order valence-corrected chi connectivity index (χ4v) is 1.69. The summed E-state index contributed by atoms with van der Waals surface area (Å²) in [5.74, 6) is -0.0540. The minimum absolute atomic E-state index is 0.105. The fourth-order valence-electron chi connectivity index (χ4n) is 1.69. The Morgan fingerprint density at radius 2 is 1.68 bits per heavy atom. The average molecular weight is 264 g/mol. The fraction of sp³-hybridized carbons (Fsp3) is 0.308. The maximum Gasteiger partial charge on any atom is 0.223 e. The van der Waals surface area contributed by atoms with E-state index in [0.717, 1.165) is 6.07 Å². The second kappa shape index (κ2) is 5.26. The van der Waals surface area contributed by atoms with Crippen LogP contribution >= 0.6 is 0 Å². The second-order valence-corrected chi connectivity index (χ2v) is 4.58. The molecule has 0 aliphatic heterocycles. The molecule has 0 saturated heterocycles. The molecule has 0 aliphatic carbocycles. The van der Waals surface area contributed by atoms with E-state index in [0.29, 0.717) is 17.2 Å². The van der Waals surface area contributed by atoms with Crippen molar-refractivity contribution >= 4 is 5.95 Å².